The Labute approximate surface area is 180 Å². The van der Waals surface area contributed by atoms with Gasteiger partial charge in [-0.25, -0.2) is 4.79 Å². The van der Waals surface area contributed by atoms with E-state index in [1.165, 1.54) is 13.2 Å². The molecule has 0 aliphatic carbocycles. The molecular formula is C21H21F6N3O2. The zero-order valence-electron chi connectivity index (χ0n) is 17.0. The second-order valence-electron chi connectivity index (χ2n) is 7.34. The van der Waals surface area contributed by atoms with Gasteiger partial charge >= 0.3 is 18.4 Å². The number of ether oxygens (including phenoxy) is 1. The molecule has 0 aromatic heterocycles. The van der Waals surface area contributed by atoms with Gasteiger partial charge < -0.3 is 20.3 Å². The summed E-state index contributed by atoms with van der Waals surface area (Å²) >= 11 is 0. The minimum Gasteiger partial charge on any atom is -0.497 e. The SMILES string of the molecule is COc1ccc(NC(=O)Nc2cc(C(F)(F)F)ccc2N2CCC(C(F)(F)F)CC2)cc1. The normalized spacial score (nSPS) is 15.4. The number of nitrogens with one attached hydrogen (secondary N) is 2. The molecule has 0 spiro atoms. The molecule has 1 aliphatic rings. The molecule has 0 bridgehead atoms. The fourth-order valence-corrected chi connectivity index (χ4v) is 3.49. The summed E-state index contributed by atoms with van der Waals surface area (Å²) in [5, 5.41) is 4.90. The first-order valence-corrected chi connectivity index (χ1v) is 9.72. The standard InChI is InChI=1S/C21H21F6N3O2/c1-32-16-5-3-15(4-6-16)28-19(31)29-17-12-14(21(25,26)27)2-7-18(17)30-10-8-13(9-11-30)20(22,23)24/h2-7,12-13H,8-11H2,1H3,(H2,28,29,31). The van der Waals surface area contributed by atoms with Crippen LogP contribution in [0.25, 0.3) is 0 Å². The van der Waals surface area contributed by atoms with Crippen molar-refractivity contribution in [1.82, 2.24) is 0 Å². The third-order valence-electron chi connectivity index (χ3n) is 5.22. The number of rotatable bonds is 4. The van der Waals surface area contributed by atoms with Crippen LogP contribution in [0, 0.1) is 5.92 Å². The predicted molar refractivity (Wildman–Crippen MR) is 108 cm³/mol. The molecule has 11 heteroatoms. The van der Waals surface area contributed by atoms with Crippen LogP contribution in [-0.4, -0.2) is 32.4 Å². The number of piperidine rings is 1. The van der Waals surface area contributed by atoms with Crippen molar-refractivity contribution in [3.05, 3.63) is 48.0 Å². The molecule has 32 heavy (non-hydrogen) atoms. The molecule has 0 unspecified atom stereocenters. The molecule has 1 fully saturated rings. The third-order valence-corrected chi connectivity index (χ3v) is 5.22. The van der Waals surface area contributed by atoms with E-state index in [0.717, 1.165) is 12.1 Å². The first kappa shape index (κ1) is 23.6. The van der Waals surface area contributed by atoms with Crippen molar-refractivity contribution in [3.63, 3.8) is 0 Å². The highest BCUT2D eigenvalue weighted by Gasteiger charge is 2.41. The molecule has 5 nitrogen and oxygen atoms in total. The summed E-state index contributed by atoms with van der Waals surface area (Å²) in [6.07, 6.45) is -9.32. The summed E-state index contributed by atoms with van der Waals surface area (Å²) in [6.45, 7) is 0.00857. The number of carbonyl (C=O) groups is 1. The lowest BCUT2D eigenvalue weighted by Gasteiger charge is -2.35. The number of methoxy groups -OCH3 is 1. The van der Waals surface area contributed by atoms with Crippen LogP contribution in [0.3, 0.4) is 0 Å². The van der Waals surface area contributed by atoms with Crippen LogP contribution in [0.5, 0.6) is 5.75 Å². The van der Waals surface area contributed by atoms with Crippen molar-refractivity contribution in [2.24, 2.45) is 5.92 Å². The Hall–Kier alpha value is -3.11. The second kappa shape index (κ2) is 9.17. The molecule has 2 amide bonds. The molecule has 0 radical (unpaired) electrons. The fraction of sp³-hybridized carbons (Fsp3) is 0.381. The van der Waals surface area contributed by atoms with Gasteiger partial charge in [0, 0.05) is 18.8 Å². The molecule has 1 aliphatic heterocycles. The van der Waals surface area contributed by atoms with E-state index in [1.807, 2.05) is 0 Å². The van der Waals surface area contributed by atoms with Gasteiger partial charge in [-0.3, -0.25) is 0 Å². The van der Waals surface area contributed by atoms with Crippen molar-refractivity contribution >= 4 is 23.1 Å². The Balaban J connectivity index is 1.80. The monoisotopic (exact) mass is 461 g/mol. The number of alkyl halides is 6. The summed E-state index contributed by atoms with van der Waals surface area (Å²) in [6, 6.07) is 8.28. The van der Waals surface area contributed by atoms with E-state index in [0.29, 0.717) is 11.4 Å². The van der Waals surface area contributed by atoms with Gasteiger partial charge in [-0.05, 0) is 55.3 Å². The molecule has 1 heterocycles. The maximum atomic E-state index is 13.2. The number of carbonyl (C=O) groups excluding carboxylic acids is 1. The van der Waals surface area contributed by atoms with Gasteiger partial charge in [0.2, 0.25) is 0 Å². The van der Waals surface area contributed by atoms with E-state index in [9.17, 15) is 31.1 Å². The Morgan fingerprint density at radius 3 is 2.12 bits per heavy atom. The summed E-state index contributed by atoms with van der Waals surface area (Å²) in [5.41, 5.74) is -0.520. The number of halogens is 6. The zero-order chi connectivity index (χ0) is 23.5. The zero-order valence-corrected chi connectivity index (χ0v) is 17.0. The maximum Gasteiger partial charge on any atom is 0.416 e. The molecule has 3 rings (SSSR count). The molecule has 0 atom stereocenters. The molecule has 1 saturated heterocycles. The Morgan fingerprint density at radius 2 is 1.59 bits per heavy atom. The minimum atomic E-state index is -4.65. The number of amides is 2. The van der Waals surface area contributed by atoms with Crippen molar-refractivity contribution in [3.8, 4) is 5.75 Å². The average Bonchev–Trinajstić information content (AvgIpc) is 2.73. The number of hydrogen-bond donors (Lipinski definition) is 2. The lowest BCUT2D eigenvalue weighted by molar-refractivity contribution is -0.179. The van der Waals surface area contributed by atoms with Crippen LogP contribution in [0.2, 0.25) is 0 Å². The van der Waals surface area contributed by atoms with Crippen LogP contribution < -0.4 is 20.3 Å². The van der Waals surface area contributed by atoms with Gasteiger partial charge in [-0.15, -0.1) is 0 Å². The Kier molecular flexibility index (Phi) is 6.75. The molecular weight excluding hydrogens is 440 g/mol. The van der Waals surface area contributed by atoms with Gasteiger partial charge in [0.05, 0.1) is 30.0 Å². The highest BCUT2D eigenvalue weighted by atomic mass is 19.4. The number of urea groups is 1. The Bertz CT molecular complexity index is 936. The van der Waals surface area contributed by atoms with E-state index in [2.05, 4.69) is 10.6 Å². The highest BCUT2D eigenvalue weighted by molar-refractivity contribution is 6.02. The largest absolute Gasteiger partial charge is 0.497 e. The quantitative estimate of drug-likeness (QED) is 0.538. The van der Waals surface area contributed by atoms with E-state index in [-0.39, 0.29) is 37.3 Å². The maximum absolute atomic E-state index is 13.2. The smallest absolute Gasteiger partial charge is 0.416 e. The first-order chi connectivity index (χ1) is 15.0. The summed E-state index contributed by atoms with van der Waals surface area (Å²) in [4.78, 5) is 14.0. The molecule has 2 aromatic rings. The van der Waals surface area contributed by atoms with Crippen LogP contribution in [0.1, 0.15) is 18.4 Å². The van der Waals surface area contributed by atoms with E-state index >= 15 is 0 Å². The lowest BCUT2D eigenvalue weighted by atomic mass is 9.95. The van der Waals surface area contributed by atoms with Gasteiger partial charge in [-0.2, -0.15) is 26.3 Å². The summed E-state index contributed by atoms with van der Waals surface area (Å²) < 4.78 is 83.5. The van der Waals surface area contributed by atoms with E-state index in [1.54, 1.807) is 29.2 Å². The summed E-state index contributed by atoms with van der Waals surface area (Å²) in [7, 11) is 1.47. The Morgan fingerprint density at radius 1 is 0.969 bits per heavy atom. The number of benzene rings is 2. The number of anilines is 3. The van der Waals surface area contributed by atoms with E-state index in [4.69, 9.17) is 4.74 Å². The van der Waals surface area contributed by atoms with Gasteiger partial charge in [0.25, 0.3) is 0 Å². The van der Waals surface area contributed by atoms with Crippen molar-refractivity contribution in [1.29, 1.82) is 0 Å². The molecule has 2 aromatic carbocycles. The van der Waals surface area contributed by atoms with Gasteiger partial charge in [0.1, 0.15) is 5.75 Å². The average molecular weight is 461 g/mol. The molecule has 174 valence electrons. The second-order valence-corrected chi connectivity index (χ2v) is 7.34. The predicted octanol–water partition coefficient (Wildman–Crippen LogP) is 6.14. The minimum absolute atomic E-state index is 0.00429. The van der Waals surface area contributed by atoms with Crippen LogP contribution in [-0.2, 0) is 6.18 Å². The topological polar surface area (TPSA) is 53.6 Å². The first-order valence-electron chi connectivity index (χ1n) is 9.72. The van der Waals surface area contributed by atoms with Crippen molar-refractivity contribution < 1.29 is 35.9 Å². The van der Waals surface area contributed by atoms with Crippen LogP contribution in [0.15, 0.2) is 42.5 Å². The number of nitrogens with zero attached hydrogens (tertiary/aromatic N) is 1. The van der Waals surface area contributed by atoms with Gasteiger partial charge in [-0.1, -0.05) is 0 Å². The number of hydrogen-bond acceptors (Lipinski definition) is 3. The molecule has 2 N–H and O–H groups in total. The van der Waals surface area contributed by atoms with Gasteiger partial charge in [0.15, 0.2) is 0 Å². The lowest BCUT2D eigenvalue weighted by Crippen LogP contribution is -2.39. The third kappa shape index (κ3) is 5.77. The molecule has 0 saturated carbocycles. The van der Waals surface area contributed by atoms with Crippen molar-refractivity contribution in [2.75, 3.05) is 35.7 Å². The van der Waals surface area contributed by atoms with Crippen LogP contribution >= 0.6 is 0 Å². The highest BCUT2D eigenvalue weighted by Crippen LogP contribution is 2.39. The van der Waals surface area contributed by atoms with Crippen LogP contribution in [0.4, 0.5) is 48.2 Å². The summed E-state index contributed by atoms with van der Waals surface area (Å²) in [5.74, 6) is -0.902. The van der Waals surface area contributed by atoms with E-state index < -0.39 is 29.9 Å². The van der Waals surface area contributed by atoms with Crippen molar-refractivity contribution in [2.45, 2.75) is 25.2 Å². The fourth-order valence-electron chi connectivity index (χ4n) is 3.49.